The van der Waals surface area contributed by atoms with Gasteiger partial charge in [-0.15, -0.1) is 0 Å². The molecule has 2 amide bonds. The van der Waals surface area contributed by atoms with E-state index in [0.717, 1.165) is 36.8 Å². The number of carbonyl (C=O) groups excluding carboxylic acids is 1. The Morgan fingerprint density at radius 2 is 1.81 bits per heavy atom. The maximum Gasteiger partial charge on any atom is 0.317 e. The summed E-state index contributed by atoms with van der Waals surface area (Å²) in [7, 11) is 0. The smallest absolute Gasteiger partial charge is 0.317 e. The number of carbonyl (C=O) groups is 1. The molecule has 1 aromatic carbocycles. The van der Waals surface area contributed by atoms with Crippen LogP contribution in [0.2, 0.25) is 5.02 Å². The third kappa shape index (κ3) is 3.75. The topological polar surface area (TPSA) is 61.4 Å². The van der Waals surface area contributed by atoms with Gasteiger partial charge in [-0.1, -0.05) is 23.7 Å². The van der Waals surface area contributed by atoms with Crippen molar-refractivity contribution in [3.05, 3.63) is 53.4 Å². The highest BCUT2D eigenvalue weighted by Crippen LogP contribution is 2.37. The third-order valence-corrected chi connectivity index (χ3v) is 5.50. The maximum atomic E-state index is 12.5. The lowest BCUT2D eigenvalue weighted by Crippen LogP contribution is -2.55. The molecule has 1 aliphatic heterocycles. The number of halogens is 1. The average molecular weight is 372 g/mol. The van der Waals surface area contributed by atoms with E-state index in [1.165, 1.54) is 5.56 Å². The molecule has 1 aromatic heterocycles. The molecule has 0 atom stereocenters. The first kappa shape index (κ1) is 17.1. The second kappa shape index (κ2) is 7.50. The van der Waals surface area contributed by atoms with Crippen molar-refractivity contribution >= 4 is 23.4 Å². The number of piperazine rings is 1. The van der Waals surface area contributed by atoms with Crippen LogP contribution in [0.15, 0.2) is 42.9 Å². The van der Waals surface area contributed by atoms with E-state index in [-0.39, 0.29) is 12.1 Å². The van der Waals surface area contributed by atoms with Crippen LogP contribution in [0.4, 0.5) is 10.6 Å². The lowest BCUT2D eigenvalue weighted by Gasteiger charge is -2.39. The molecular formula is C19H22ClN5O. The van der Waals surface area contributed by atoms with Gasteiger partial charge in [0.05, 0.1) is 6.20 Å². The number of hydrogen-bond acceptors (Lipinski definition) is 4. The Kier molecular flexibility index (Phi) is 4.93. The number of amides is 2. The summed E-state index contributed by atoms with van der Waals surface area (Å²) in [5.74, 6) is 1.39. The molecule has 1 aliphatic carbocycles. The first-order chi connectivity index (χ1) is 12.7. The summed E-state index contributed by atoms with van der Waals surface area (Å²) in [6, 6.07) is 8.33. The Bertz CT molecular complexity index is 740. The van der Waals surface area contributed by atoms with Gasteiger partial charge < -0.3 is 15.1 Å². The molecule has 7 heteroatoms. The highest BCUT2D eigenvalue weighted by Gasteiger charge is 2.33. The van der Waals surface area contributed by atoms with E-state index in [0.29, 0.717) is 19.0 Å². The van der Waals surface area contributed by atoms with Crippen LogP contribution < -0.4 is 10.2 Å². The number of urea groups is 1. The van der Waals surface area contributed by atoms with E-state index >= 15 is 0 Å². The second-order valence-electron chi connectivity index (χ2n) is 6.90. The van der Waals surface area contributed by atoms with E-state index in [4.69, 9.17) is 11.6 Å². The number of hydrogen-bond donors (Lipinski definition) is 1. The zero-order valence-corrected chi connectivity index (χ0v) is 15.3. The molecule has 1 N–H and O–H groups in total. The number of anilines is 1. The molecule has 2 aliphatic rings. The summed E-state index contributed by atoms with van der Waals surface area (Å²) >= 11 is 5.94. The maximum absolute atomic E-state index is 12.5. The largest absolute Gasteiger partial charge is 0.352 e. The molecule has 0 bridgehead atoms. The van der Waals surface area contributed by atoms with Gasteiger partial charge in [0.2, 0.25) is 0 Å². The van der Waals surface area contributed by atoms with Crippen molar-refractivity contribution in [1.82, 2.24) is 20.2 Å². The second-order valence-corrected chi connectivity index (χ2v) is 7.34. The third-order valence-electron chi connectivity index (χ3n) is 5.25. The molecular weight excluding hydrogens is 350 g/mol. The zero-order valence-electron chi connectivity index (χ0n) is 14.5. The van der Waals surface area contributed by atoms with Crippen molar-refractivity contribution < 1.29 is 4.79 Å². The van der Waals surface area contributed by atoms with Crippen molar-refractivity contribution in [2.24, 2.45) is 0 Å². The van der Waals surface area contributed by atoms with Crippen LogP contribution in [-0.4, -0.2) is 53.1 Å². The minimum atomic E-state index is 0.0448. The monoisotopic (exact) mass is 371 g/mol. The van der Waals surface area contributed by atoms with Crippen LogP contribution in [0.1, 0.15) is 24.3 Å². The van der Waals surface area contributed by atoms with Gasteiger partial charge in [-0.2, -0.15) is 0 Å². The molecule has 0 unspecified atom stereocenters. The standard InChI is InChI=1S/C19H22ClN5O/c20-16-3-1-14(2-4-16)15-11-17(12-15)23-19(26)25-9-7-24(8-10-25)18-13-21-5-6-22-18/h1-6,13,15,17H,7-12H2,(H,23,26). The Hall–Kier alpha value is -2.34. The molecule has 26 heavy (non-hydrogen) atoms. The molecule has 0 spiro atoms. The van der Waals surface area contributed by atoms with Crippen molar-refractivity contribution in [2.75, 3.05) is 31.1 Å². The van der Waals surface area contributed by atoms with Crippen LogP contribution in [0.25, 0.3) is 0 Å². The molecule has 6 nitrogen and oxygen atoms in total. The Morgan fingerprint density at radius 1 is 1.08 bits per heavy atom. The predicted octanol–water partition coefficient (Wildman–Crippen LogP) is 2.91. The first-order valence-corrected chi connectivity index (χ1v) is 9.39. The van der Waals surface area contributed by atoms with Crippen molar-refractivity contribution in [3.63, 3.8) is 0 Å². The van der Waals surface area contributed by atoms with E-state index in [1.807, 2.05) is 17.0 Å². The number of nitrogens with zero attached hydrogens (tertiary/aromatic N) is 4. The minimum Gasteiger partial charge on any atom is -0.352 e. The van der Waals surface area contributed by atoms with Gasteiger partial charge in [-0.3, -0.25) is 4.98 Å². The zero-order chi connectivity index (χ0) is 17.9. The number of nitrogens with one attached hydrogen (secondary N) is 1. The summed E-state index contributed by atoms with van der Waals surface area (Å²) in [6.45, 7) is 2.97. The number of aromatic nitrogens is 2. The highest BCUT2D eigenvalue weighted by atomic mass is 35.5. The molecule has 2 heterocycles. The summed E-state index contributed by atoms with van der Waals surface area (Å²) in [6.07, 6.45) is 7.12. The van der Waals surface area contributed by atoms with Gasteiger partial charge >= 0.3 is 6.03 Å². The molecule has 4 rings (SSSR count). The van der Waals surface area contributed by atoms with Crippen LogP contribution in [0.3, 0.4) is 0 Å². The van der Waals surface area contributed by atoms with Gasteiger partial charge in [0, 0.05) is 49.6 Å². The summed E-state index contributed by atoms with van der Waals surface area (Å²) in [5.41, 5.74) is 1.30. The summed E-state index contributed by atoms with van der Waals surface area (Å²) < 4.78 is 0. The summed E-state index contributed by atoms with van der Waals surface area (Å²) in [4.78, 5) is 25.0. The van der Waals surface area contributed by atoms with Gasteiger partial charge in [0.15, 0.2) is 0 Å². The predicted molar refractivity (Wildman–Crippen MR) is 102 cm³/mol. The fourth-order valence-corrected chi connectivity index (χ4v) is 3.73. The lowest BCUT2D eigenvalue weighted by atomic mass is 9.76. The van der Waals surface area contributed by atoms with Crippen LogP contribution in [0, 0.1) is 0 Å². The van der Waals surface area contributed by atoms with Crippen molar-refractivity contribution in [1.29, 1.82) is 0 Å². The SMILES string of the molecule is O=C(NC1CC(c2ccc(Cl)cc2)C1)N1CCN(c2cnccn2)CC1. The highest BCUT2D eigenvalue weighted by molar-refractivity contribution is 6.30. The van der Waals surface area contributed by atoms with Gasteiger partial charge in [0.25, 0.3) is 0 Å². The molecule has 2 aromatic rings. The summed E-state index contributed by atoms with van der Waals surface area (Å²) in [5, 5.41) is 3.93. The van der Waals surface area contributed by atoms with Crippen LogP contribution in [-0.2, 0) is 0 Å². The molecule has 2 fully saturated rings. The minimum absolute atomic E-state index is 0.0448. The quantitative estimate of drug-likeness (QED) is 0.901. The van der Waals surface area contributed by atoms with Crippen LogP contribution in [0.5, 0.6) is 0 Å². The Balaban J connectivity index is 1.22. The van der Waals surface area contributed by atoms with E-state index < -0.39 is 0 Å². The average Bonchev–Trinajstić information content (AvgIpc) is 2.66. The molecule has 0 radical (unpaired) electrons. The number of rotatable bonds is 3. The van der Waals surface area contributed by atoms with Crippen molar-refractivity contribution in [2.45, 2.75) is 24.8 Å². The first-order valence-electron chi connectivity index (χ1n) is 9.01. The Labute approximate surface area is 158 Å². The van der Waals surface area contributed by atoms with Gasteiger partial charge in [0.1, 0.15) is 5.82 Å². The van der Waals surface area contributed by atoms with Gasteiger partial charge in [-0.25, -0.2) is 9.78 Å². The van der Waals surface area contributed by atoms with Gasteiger partial charge in [-0.05, 0) is 36.5 Å². The fraction of sp³-hybridized carbons (Fsp3) is 0.421. The fourth-order valence-electron chi connectivity index (χ4n) is 3.60. The molecule has 1 saturated heterocycles. The normalized spacial score (nSPS) is 22.7. The Morgan fingerprint density at radius 3 is 2.46 bits per heavy atom. The van der Waals surface area contributed by atoms with E-state index in [1.54, 1.807) is 18.6 Å². The number of benzene rings is 1. The molecule has 1 saturated carbocycles. The van der Waals surface area contributed by atoms with Crippen molar-refractivity contribution in [3.8, 4) is 0 Å². The van der Waals surface area contributed by atoms with E-state index in [9.17, 15) is 4.79 Å². The molecule has 136 valence electrons. The van der Waals surface area contributed by atoms with E-state index in [2.05, 4.69) is 32.3 Å². The van der Waals surface area contributed by atoms with Crippen LogP contribution >= 0.6 is 11.6 Å². The lowest BCUT2D eigenvalue weighted by molar-refractivity contribution is 0.179.